The van der Waals surface area contributed by atoms with Crippen molar-refractivity contribution in [2.24, 2.45) is 0 Å². The third-order valence-electron chi connectivity index (χ3n) is 3.62. The second-order valence-electron chi connectivity index (χ2n) is 5.22. The number of hydrogen-bond donors (Lipinski definition) is 5. The summed E-state index contributed by atoms with van der Waals surface area (Å²) in [4.78, 5) is 13.9. The second-order valence-corrected chi connectivity index (χ2v) is 5.65. The summed E-state index contributed by atoms with van der Waals surface area (Å²) in [6, 6.07) is 6.71. The highest BCUT2D eigenvalue weighted by Crippen LogP contribution is 2.27. The molecule has 1 aromatic carbocycles. The summed E-state index contributed by atoms with van der Waals surface area (Å²) >= 11 is 5.88. The van der Waals surface area contributed by atoms with Crippen molar-refractivity contribution in [2.75, 3.05) is 0 Å². The molecule has 1 aliphatic rings. The van der Waals surface area contributed by atoms with Crippen molar-refractivity contribution in [1.29, 1.82) is 0 Å². The standard InChI is InChI=1S/C14H14ClNO7/c15-6-2-1-5-3-8(16-7(5)4-6)22-14-11(19)9(17)10(18)12(23-14)13(20)21/h1-4,9-12,14,16-19H,(H,20,21)/t9-,10-,11+,12-,14+/m0/s1. The maximum absolute atomic E-state index is 11.0. The minimum atomic E-state index is -1.76. The number of hydrogen-bond acceptors (Lipinski definition) is 6. The number of ether oxygens (including phenoxy) is 2. The van der Waals surface area contributed by atoms with E-state index in [-0.39, 0.29) is 5.88 Å². The molecule has 0 saturated carbocycles. The number of aliphatic hydroxyl groups is 3. The van der Waals surface area contributed by atoms with Crippen LogP contribution in [0.15, 0.2) is 24.3 Å². The molecule has 1 fully saturated rings. The Morgan fingerprint density at radius 1 is 1.17 bits per heavy atom. The van der Waals surface area contributed by atoms with Crippen molar-refractivity contribution in [1.82, 2.24) is 4.98 Å². The molecule has 0 spiro atoms. The number of nitrogens with one attached hydrogen (secondary N) is 1. The largest absolute Gasteiger partial charge is 0.479 e. The molecule has 0 bridgehead atoms. The quantitative estimate of drug-likeness (QED) is 0.533. The molecule has 1 aliphatic heterocycles. The molecule has 0 radical (unpaired) electrons. The Morgan fingerprint density at radius 3 is 2.61 bits per heavy atom. The molecule has 0 aliphatic carbocycles. The van der Waals surface area contributed by atoms with E-state index < -0.39 is 36.7 Å². The summed E-state index contributed by atoms with van der Waals surface area (Å²) in [6.45, 7) is 0. The lowest BCUT2D eigenvalue weighted by molar-refractivity contribution is -0.271. The average Bonchev–Trinajstić information content (AvgIpc) is 2.88. The highest BCUT2D eigenvalue weighted by atomic mass is 35.5. The molecule has 2 aromatic rings. The smallest absolute Gasteiger partial charge is 0.335 e. The van der Waals surface area contributed by atoms with Gasteiger partial charge < -0.3 is 34.9 Å². The number of benzene rings is 1. The van der Waals surface area contributed by atoms with Gasteiger partial charge in [-0.3, -0.25) is 0 Å². The predicted octanol–water partition coefficient (Wildman–Crippen LogP) is 0.0923. The Bertz CT molecular complexity index is 733. The third kappa shape index (κ3) is 2.99. The molecule has 8 nitrogen and oxygen atoms in total. The van der Waals surface area contributed by atoms with Crippen LogP contribution in [0.5, 0.6) is 5.88 Å². The first-order valence-corrected chi connectivity index (χ1v) is 7.12. The third-order valence-corrected chi connectivity index (χ3v) is 3.85. The number of carbonyl (C=O) groups is 1. The Labute approximate surface area is 134 Å². The molecule has 124 valence electrons. The number of aromatic nitrogens is 1. The van der Waals surface area contributed by atoms with Crippen LogP contribution in [0.1, 0.15) is 0 Å². The zero-order valence-corrected chi connectivity index (χ0v) is 12.3. The van der Waals surface area contributed by atoms with Gasteiger partial charge in [-0.1, -0.05) is 17.7 Å². The number of H-pyrrole nitrogens is 1. The maximum Gasteiger partial charge on any atom is 0.335 e. The van der Waals surface area contributed by atoms with E-state index in [0.29, 0.717) is 10.5 Å². The van der Waals surface area contributed by atoms with Gasteiger partial charge in [0.1, 0.15) is 18.3 Å². The molecule has 0 unspecified atom stereocenters. The van der Waals surface area contributed by atoms with Crippen LogP contribution in [0.25, 0.3) is 10.9 Å². The predicted molar refractivity (Wildman–Crippen MR) is 78.3 cm³/mol. The Morgan fingerprint density at radius 2 is 1.91 bits per heavy atom. The van der Waals surface area contributed by atoms with Gasteiger partial charge in [-0.15, -0.1) is 0 Å². The van der Waals surface area contributed by atoms with Crippen molar-refractivity contribution >= 4 is 28.5 Å². The van der Waals surface area contributed by atoms with Gasteiger partial charge in [-0.2, -0.15) is 0 Å². The van der Waals surface area contributed by atoms with Gasteiger partial charge in [0.15, 0.2) is 12.0 Å². The van der Waals surface area contributed by atoms with E-state index in [2.05, 4.69) is 4.98 Å². The summed E-state index contributed by atoms with van der Waals surface area (Å²) < 4.78 is 10.4. The first kappa shape index (κ1) is 16.0. The molecule has 3 rings (SSSR count). The van der Waals surface area contributed by atoms with Crippen molar-refractivity contribution in [3.63, 3.8) is 0 Å². The SMILES string of the molecule is O=C(O)[C@H]1O[C@@H](Oc2cc3ccc(Cl)cc3[nH]2)[C@H](O)[C@@H](O)[C@@H]1O. The fraction of sp³-hybridized carbons (Fsp3) is 0.357. The van der Waals surface area contributed by atoms with Crippen LogP contribution in [0.3, 0.4) is 0 Å². The molecular weight excluding hydrogens is 330 g/mol. The van der Waals surface area contributed by atoms with Crippen LogP contribution in [0.4, 0.5) is 0 Å². The zero-order valence-electron chi connectivity index (χ0n) is 11.6. The van der Waals surface area contributed by atoms with E-state index in [9.17, 15) is 20.1 Å². The number of carboxylic acids is 1. The molecular formula is C14H14ClNO7. The summed E-state index contributed by atoms with van der Waals surface area (Å²) in [7, 11) is 0. The summed E-state index contributed by atoms with van der Waals surface area (Å²) in [6.07, 6.45) is -8.26. The normalized spacial score (nSPS) is 31.2. The fourth-order valence-electron chi connectivity index (χ4n) is 2.41. The van der Waals surface area contributed by atoms with E-state index in [1.165, 1.54) is 0 Å². The lowest BCUT2D eigenvalue weighted by atomic mass is 9.99. The zero-order chi connectivity index (χ0) is 16.7. The molecule has 2 heterocycles. The first-order chi connectivity index (χ1) is 10.9. The molecule has 9 heteroatoms. The van der Waals surface area contributed by atoms with Crippen molar-refractivity contribution < 1.29 is 34.7 Å². The molecule has 23 heavy (non-hydrogen) atoms. The number of halogens is 1. The van der Waals surface area contributed by atoms with Gasteiger partial charge in [0.25, 0.3) is 0 Å². The Balaban J connectivity index is 1.83. The number of carboxylic acid groups (broad SMARTS) is 1. The number of aliphatic hydroxyl groups excluding tert-OH is 3. The Kier molecular flexibility index (Phi) is 4.17. The summed E-state index contributed by atoms with van der Waals surface area (Å²) in [5.74, 6) is -1.28. The van der Waals surface area contributed by atoms with Gasteiger partial charge >= 0.3 is 5.97 Å². The topological polar surface area (TPSA) is 132 Å². The summed E-state index contributed by atoms with van der Waals surface area (Å²) in [5.41, 5.74) is 0.674. The first-order valence-electron chi connectivity index (χ1n) is 6.74. The van der Waals surface area contributed by atoms with E-state index in [0.717, 1.165) is 5.39 Å². The molecule has 1 saturated heterocycles. The lowest BCUT2D eigenvalue weighted by Gasteiger charge is -2.38. The van der Waals surface area contributed by atoms with E-state index in [1.54, 1.807) is 24.3 Å². The molecule has 5 atom stereocenters. The van der Waals surface area contributed by atoms with Crippen LogP contribution in [0.2, 0.25) is 5.02 Å². The van der Waals surface area contributed by atoms with Gasteiger partial charge in [0.05, 0.1) is 0 Å². The number of aliphatic carboxylic acids is 1. The van der Waals surface area contributed by atoms with Crippen molar-refractivity contribution in [3.05, 3.63) is 29.3 Å². The van der Waals surface area contributed by atoms with Gasteiger partial charge in [0, 0.05) is 22.0 Å². The van der Waals surface area contributed by atoms with Crippen LogP contribution < -0.4 is 4.74 Å². The van der Waals surface area contributed by atoms with Crippen LogP contribution in [0, 0.1) is 0 Å². The maximum atomic E-state index is 11.0. The minimum absolute atomic E-state index is 0.194. The highest BCUT2D eigenvalue weighted by molar-refractivity contribution is 6.31. The lowest BCUT2D eigenvalue weighted by Crippen LogP contribution is -2.61. The summed E-state index contributed by atoms with van der Waals surface area (Å²) in [5, 5.41) is 39.5. The van der Waals surface area contributed by atoms with E-state index >= 15 is 0 Å². The molecule has 1 aromatic heterocycles. The van der Waals surface area contributed by atoms with Gasteiger partial charge in [-0.05, 0) is 12.1 Å². The number of rotatable bonds is 3. The van der Waals surface area contributed by atoms with Gasteiger partial charge in [0.2, 0.25) is 6.29 Å². The average molecular weight is 344 g/mol. The van der Waals surface area contributed by atoms with E-state index in [1.807, 2.05) is 0 Å². The van der Waals surface area contributed by atoms with Crippen LogP contribution >= 0.6 is 11.6 Å². The Hall–Kier alpha value is -1.84. The number of aromatic amines is 1. The monoisotopic (exact) mass is 343 g/mol. The van der Waals surface area contributed by atoms with Crippen molar-refractivity contribution in [2.45, 2.75) is 30.7 Å². The van der Waals surface area contributed by atoms with Crippen LogP contribution in [-0.2, 0) is 9.53 Å². The fourth-order valence-corrected chi connectivity index (χ4v) is 2.58. The highest BCUT2D eigenvalue weighted by Gasteiger charge is 2.48. The molecule has 5 N–H and O–H groups in total. The van der Waals surface area contributed by atoms with Gasteiger partial charge in [-0.25, -0.2) is 4.79 Å². The number of fused-ring (bicyclic) bond motifs is 1. The van der Waals surface area contributed by atoms with Crippen LogP contribution in [-0.4, -0.2) is 62.1 Å². The van der Waals surface area contributed by atoms with Crippen molar-refractivity contribution in [3.8, 4) is 5.88 Å². The molecule has 0 amide bonds. The van der Waals surface area contributed by atoms with E-state index in [4.69, 9.17) is 26.2 Å². The minimum Gasteiger partial charge on any atom is -0.479 e. The second kappa shape index (κ2) is 5.99.